The summed E-state index contributed by atoms with van der Waals surface area (Å²) in [4.78, 5) is 0. The van der Waals surface area contributed by atoms with Gasteiger partial charge in [0, 0.05) is 11.3 Å². The van der Waals surface area contributed by atoms with Gasteiger partial charge in [-0.2, -0.15) is 0 Å². The smallest absolute Gasteiger partial charge is 0.0608 e. The van der Waals surface area contributed by atoms with Crippen LogP contribution in [-0.4, -0.2) is 30.3 Å². The molecule has 0 saturated carbocycles. The third kappa shape index (κ3) is 3.98. The van der Waals surface area contributed by atoms with Crippen molar-refractivity contribution in [3.8, 4) is 0 Å². The maximum Gasteiger partial charge on any atom is 0.0608 e. The predicted molar refractivity (Wildman–Crippen MR) is 83.9 cm³/mol. The number of hydrogen-bond donors (Lipinski definition) is 1. The summed E-state index contributed by atoms with van der Waals surface area (Å²) >= 11 is 2.05. The molecule has 2 nitrogen and oxygen atoms in total. The maximum absolute atomic E-state index is 5.27. The first-order valence-corrected chi connectivity index (χ1v) is 8.24. The van der Waals surface area contributed by atoms with Gasteiger partial charge in [-0.3, -0.25) is 0 Å². The highest BCUT2D eigenvalue weighted by Gasteiger charge is 2.26. The van der Waals surface area contributed by atoms with Gasteiger partial charge in [0.2, 0.25) is 0 Å². The summed E-state index contributed by atoms with van der Waals surface area (Å²) in [6.07, 6.45) is 1.11. The van der Waals surface area contributed by atoms with Crippen LogP contribution in [0.25, 0.3) is 0 Å². The zero-order valence-electron chi connectivity index (χ0n) is 12.2. The Hall–Kier alpha value is -0.510. The van der Waals surface area contributed by atoms with Gasteiger partial charge in [-0.05, 0) is 24.1 Å². The van der Waals surface area contributed by atoms with Crippen molar-refractivity contribution >= 4 is 11.8 Å². The van der Waals surface area contributed by atoms with Crippen molar-refractivity contribution < 1.29 is 4.74 Å². The molecular weight excluding hydrogens is 254 g/mol. The highest BCUT2D eigenvalue weighted by atomic mass is 32.2. The summed E-state index contributed by atoms with van der Waals surface area (Å²) in [6, 6.07) is 9.50. The molecular formula is C16H25NOS. The van der Waals surface area contributed by atoms with Crippen LogP contribution in [0.1, 0.15) is 37.9 Å². The average Bonchev–Trinajstić information content (AvgIpc) is 2.40. The van der Waals surface area contributed by atoms with Crippen molar-refractivity contribution in [2.45, 2.75) is 43.7 Å². The summed E-state index contributed by atoms with van der Waals surface area (Å²) in [5.41, 5.74) is 2.81. The van der Waals surface area contributed by atoms with Crippen molar-refractivity contribution in [2.24, 2.45) is 0 Å². The Morgan fingerprint density at radius 1 is 1.26 bits per heavy atom. The Balaban J connectivity index is 2.03. The van der Waals surface area contributed by atoms with E-state index in [1.807, 2.05) is 0 Å². The molecule has 0 bridgehead atoms. The molecule has 1 aliphatic rings. The normalized spacial score (nSPS) is 18.9. The highest BCUT2D eigenvalue weighted by molar-refractivity contribution is 8.00. The number of ether oxygens (including phenoxy) is 1. The van der Waals surface area contributed by atoms with Crippen molar-refractivity contribution in [1.29, 1.82) is 0 Å². The Labute approximate surface area is 121 Å². The molecule has 2 atom stereocenters. The van der Waals surface area contributed by atoms with E-state index in [2.05, 4.69) is 62.1 Å². The minimum absolute atomic E-state index is 0.432. The molecule has 106 valence electrons. The standard InChI is InChI=1S/C16H25NOS/c1-4-13-6-8-14(9-7-13)16(17-5-2)12(3)19-15-10-18-11-15/h6-9,12,15-17H,4-5,10-11H2,1-3H3. The van der Waals surface area contributed by atoms with Crippen molar-refractivity contribution in [3.63, 3.8) is 0 Å². The van der Waals surface area contributed by atoms with Gasteiger partial charge in [0.1, 0.15) is 0 Å². The van der Waals surface area contributed by atoms with Crippen LogP contribution in [0.2, 0.25) is 0 Å². The number of nitrogens with one attached hydrogen (secondary N) is 1. The third-order valence-electron chi connectivity index (χ3n) is 3.66. The van der Waals surface area contributed by atoms with E-state index in [4.69, 9.17) is 4.74 Å². The molecule has 1 N–H and O–H groups in total. The lowest BCUT2D eigenvalue weighted by Gasteiger charge is -2.32. The quantitative estimate of drug-likeness (QED) is 0.826. The first-order chi connectivity index (χ1) is 9.24. The molecule has 1 aliphatic heterocycles. The van der Waals surface area contributed by atoms with Gasteiger partial charge in [0.05, 0.1) is 18.5 Å². The summed E-state index contributed by atoms with van der Waals surface area (Å²) < 4.78 is 5.27. The molecule has 3 heteroatoms. The zero-order valence-corrected chi connectivity index (χ0v) is 13.0. The summed E-state index contributed by atoms with van der Waals surface area (Å²) in [6.45, 7) is 9.55. The van der Waals surface area contributed by atoms with Crippen LogP contribution in [0, 0.1) is 0 Å². The predicted octanol–water partition coefficient (Wildman–Crippen LogP) is 3.42. The number of hydrogen-bond acceptors (Lipinski definition) is 3. The average molecular weight is 279 g/mol. The number of aryl methyl sites for hydroxylation is 1. The van der Waals surface area contributed by atoms with E-state index in [-0.39, 0.29) is 0 Å². The monoisotopic (exact) mass is 279 g/mol. The fourth-order valence-corrected chi connectivity index (χ4v) is 3.78. The van der Waals surface area contributed by atoms with Crippen LogP contribution < -0.4 is 5.32 Å². The lowest BCUT2D eigenvalue weighted by molar-refractivity contribution is 0.0452. The Morgan fingerprint density at radius 2 is 1.95 bits per heavy atom. The van der Waals surface area contributed by atoms with Crippen molar-refractivity contribution in [2.75, 3.05) is 19.8 Å². The minimum atomic E-state index is 0.432. The van der Waals surface area contributed by atoms with Gasteiger partial charge in [-0.1, -0.05) is 45.0 Å². The molecule has 1 heterocycles. The van der Waals surface area contributed by atoms with Crippen LogP contribution in [0.3, 0.4) is 0 Å². The van der Waals surface area contributed by atoms with E-state index in [0.29, 0.717) is 16.5 Å². The Morgan fingerprint density at radius 3 is 2.42 bits per heavy atom. The second-order valence-electron chi connectivity index (χ2n) is 5.13. The van der Waals surface area contributed by atoms with Crippen molar-refractivity contribution in [3.05, 3.63) is 35.4 Å². The van der Waals surface area contributed by atoms with Gasteiger partial charge in [-0.15, -0.1) is 11.8 Å². The highest BCUT2D eigenvalue weighted by Crippen LogP contribution is 2.32. The van der Waals surface area contributed by atoms with E-state index in [1.165, 1.54) is 11.1 Å². The Kier molecular flexibility index (Phi) is 5.74. The van der Waals surface area contributed by atoms with Crippen LogP contribution in [0.5, 0.6) is 0 Å². The van der Waals surface area contributed by atoms with E-state index in [0.717, 1.165) is 26.2 Å². The second kappa shape index (κ2) is 7.32. The van der Waals surface area contributed by atoms with E-state index < -0.39 is 0 Å². The van der Waals surface area contributed by atoms with Gasteiger partial charge >= 0.3 is 0 Å². The molecule has 2 unspecified atom stereocenters. The lowest BCUT2D eigenvalue weighted by atomic mass is 10.0. The fourth-order valence-electron chi connectivity index (χ4n) is 2.41. The summed E-state index contributed by atoms with van der Waals surface area (Å²) in [7, 11) is 0. The Bertz CT molecular complexity index is 375. The summed E-state index contributed by atoms with van der Waals surface area (Å²) in [5.74, 6) is 0. The van der Waals surface area contributed by atoms with E-state index >= 15 is 0 Å². The second-order valence-corrected chi connectivity index (χ2v) is 6.81. The van der Waals surface area contributed by atoms with Gasteiger partial charge in [-0.25, -0.2) is 0 Å². The maximum atomic E-state index is 5.27. The molecule has 1 fully saturated rings. The molecule has 19 heavy (non-hydrogen) atoms. The molecule has 0 amide bonds. The number of rotatable bonds is 7. The molecule has 1 saturated heterocycles. The van der Waals surface area contributed by atoms with Gasteiger partial charge < -0.3 is 10.1 Å². The SMILES string of the molecule is CCNC(c1ccc(CC)cc1)C(C)SC1COC1. The lowest BCUT2D eigenvalue weighted by Crippen LogP contribution is -2.36. The number of thioether (sulfide) groups is 1. The van der Waals surface area contributed by atoms with Gasteiger partial charge in [0.15, 0.2) is 0 Å². The minimum Gasteiger partial charge on any atom is -0.379 e. The molecule has 0 spiro atoms. The molecule has 1 aromatic carbocycles. The first kappa shape index (κ1) is 14.9. The molecule has 1 aromatic rings. The molecule has 2 rings (SSSR count). The zero-order chi connectivity index (χ0) is 13.7. The fraction of sp³-hybridized carbons (Fsp3) is 0.625. The number of benzene rings is 1. The molecule has 0 radical (unpaired) electrons. The largest absolute Gasteiger partial charge is 0.379 e. The molecule has 0 aliphatic carbocycles. The van der Waals surface area contributed by atoms with Gasteiger partial charge in [0.25, 0.3) is 0 Å². The van der Waals surface area contributed by atoms with Crippen molar-refractivity contribution in [1.82, 2.24) is 5.32 Å². The van der Waals surface area contributed by atoms with E-state index in [1.54, 1.807) is 0 Å². The molecule has 0 aromatic heterocycles. The van der Waals surface area contributed by atoms with Crippen LogP contribution >= 0.6 is 11.8 Å². The first-order valence-electron chi connectivity index (χ1n) is 7.30. The van der Waals surface area contributed by atoms with Crippen LogP contribution in [0.15, 0.2) is 24.3 Å². The van der Waals surface area contributed by atoms with Crippen LogP contribution in [-0.2, 0) is 11.2 Å². The topological polar surface area (TPSA) is 21.3 Å². The third-order valence-corrected chi connectivity index (χ3v) is 5.01. The van der Waals surface area contributed by atoms with Crippen LogP contribution in [0.4, 0.5) is 0 Å². The summed E-state index contributed by atoms with van der Waals surface area (Å²) in [5, 5.41) is 4.88. The van der Waals surface area contributed by atoms with E-state index in [9.17, 15) is 0 Å².